The van der Waals surface area contributed by atoms with Crippen molar-refractivity contribution in [3.63, 3.8) is 0 Å². The summed E-state index contributed by atoms with van der Waals surface area (Å²) in [6.45, 7) is 2.23. The molecule has 3 rings (SSSR count). The van der Waals surface area contributed by atoms with Gasteiger partial charge in [-0.15, -0.1) is 0 Å². The van der Waals surface area contributed by atoms with E-state index in [-0.39, 0.29) is 6.61 Å². The number of thioether (sulfide) groups is 1. The zero-order chi connectivity index (χ0) is 19.9. The lowest BCUT2D eigenvalue weighted by molar-refractivity contribution is 0.126. The second-order valence-corrected chi connectivity index (χ2v) is 7.59. The van der Waals surface area contributed by atoms with Gasteiger partial charge in [-0.25, -0.2) is 9.97 Å². The molecule has 0 amide bonds. The van der Waals surface area contributed by atoms with Gasteiger partial charge in [0.05, 0.1) is 11.8 Å². The number of aryl methyl sites for hydroxylation is 1. The third kappa shape index (κ3) is 5.38. The number of nitrogens with zero attached hydrogens (tertiary/aromatic N) is 2. The van der Waals surface area contributed by atoms with Crippen LogP contribution in [-0.4, -0.2) is 33.5 Å². The van der Waals surface area contributed by atoms with Crippen LogP contribution in [0.3, 0.4) is 0 Å². The number of anilines is 1. The first-order valence-corrected chi connectivity index (χ1v) is 10.3. The molecule has 1 aromatic heterocycles. The SMILES string of the molecule is CCc1nc(SC[C@@H](O)COc2ccccc2)nc(N)c1-c1ccc(Cl)cc1. The second kappa shape index (κ2) is 9.78. The van der Waals surface area contributed by atoms with Crippen molar-refractivity contribution in [2.24, 2.45) is 0 Å². The van der Waals surface area contributed by atoms with E-state index >= 15 is 0 Å². The summed E-state index contributed by atoms with van der Waals surface area (Å²) in [5.41, 5.74) is 8.86. The summed E-state index contributed by atoms with van der Waals surface area (Å²) in [6.07, 6.45) is 0.0776. The fourth-order valence-electron chi connectivity index (χ4n) is 2.68. The Labute approximate surface area is 173 Å². The van der Waals surface area contributed by atoms with Crippen molar-refractivity contribution in [2.45, 2.75) is 24.6 Å². The van der Waals surface area contributed by atoms with Crippen molar-refractivity contribution in [3.05, 3.63) is 65.3 Å². The van der Waals surface area contributed by atoms with Crippen molar-refractivity contribution in [3.8, 4) is 16.9 Å². The lowest BCUT2D eigenvalue weighted by Crippen LogP contribution is -2.20. The van der Waals surface area contributed by atoms with Crippen LogP contribution in [0.4, 0.5) is 5.82 Å². The molecule has 1 heterocycles. The zero-order valence-corrected chi connectivity index (χ0v) is 17.1. The Balaban J connectivity index is 1.66. The van der Waals surface area contributed by atoms with Crippen molar-refractivity contribution in [1.29, 1.82) is 0 Å². The van der Waals surface area contributed by atoms with E-state index in [1.165, 1.54) is 11.8 Å². The summed E-state index contributed by atoms with van der Waals surface area (Å²) in [7, 11) is 0. The zero-order valence-electron chi connectivity index (χ0n) is 15.5. The number of aromatic nitrogens is 2. The maximum atomic E-state index is 10.2. The first-order chi connectivity index (χ1) is 13.6. The van der Waals surface area contributed by atoms with E-state index in [4.69, 9.17) is 22.1 Å². The number of ether oxygens (including phenoxy) is 1. The normalized spacial score (nSPS) is 12.0. The second-order valence-electron chi connectivity index (χ2n) is 6.16. The van der Waals surface area contributed by atoms with Crippen LogP contribution in [0.15, 0.2) is 59.8 Å². The fraction of sp³-hybridized carbons (Fsp3) is 0.238. The molecule has 0 aliphatic heterocycles. The molecule has 28 heavy (non-hydrogen) atoms. The lowest BCUT2D eigenvalue weighted by atomic mass is 10.0. The average Bonchev–Trinajstić information content (AvgIpc) is 2.72. The van der Waals surface area contributed by atoms with E-state index < -0.39 is 6.10 Å². The Bertz CT molecular complexity index is 908. The van der Waals surface area contributed by atoms with E-state index in [0.717, 1.165) is 29.0 Å². The number of nitrogen functional groups attached to an aromatic ring is 1. The third-order valence-corrected chi connectivity index (χ3v) is 5.29. The average molecular weight is 416 g/mol. The van der Waals surface area contributed by atoms with Crippen LogP contribution in [0.2, 0.25) is 5.02 Å². The van der Waals surface area contributed by atoms with Gasteiger partial charge in [-0.3, -0.25) is 0 Å². The first kappa shape index (κ1) is 20.5. The molecule has 3 N–H and O–H groups in total. The van der Waals surface area contributed by atoms with Gasteiger partial charge in [-0.2, -0.15) is 0 Å². The van der Waals surface area contributed by atoms with Crippen LogP contribution in [-0.2, 0) is 6.42 Å². The highest BCUT2D eigenvalue weighted by Crippen LogP contribution is 2.31. The summed E-state index contributed by atoms with van der Waals surface area (Å²) in [4.78, 5) is 9.04. The Morgan fingerprint density at radius 2 is 1.82 bits per heavy atom. The third-order valence-electron chi connectivity index (χ3n) is 4.05. The number of hydrogen-bond donors (Lipinski definition) is 2. The number of para-hydroxylation sites is 1. The number of aliphatic hydroxyl groups excluding tert-OH is 1. The molecule has 0 aliphatic carbocycles. The van der Waals surface area contributed by atoms with Crippen LogP contribution in [0.25, 0.3) is 11.1 Å². The summed E-state index contributed by atoms with van der Waals surface area (Å²) in [6, 6.07) is 16.9. The molecule has 7 heteroatoms. The van der Waals surface area contributed by atoms with Gasteiger partial charge in [0.1, 0.15) is 18.2 Å². The highest BCUT2D eigenvalue weighted by molar-refractivity contribution is 7.99. The minimum absolute atomic E-state index is 0.204. The van der Waals surface area contributed by atoms with Crippen molar-refractivity contribution < 1.29 is 9.84 Å². The van der Waals surface area contributed by atoms with Crippen LogP contribution in [0, 0.1) is 0 Å². The maximum Gasteiger partial charge on any atom is 0.189 e. The molecule has 0 radical (unpaired) electrons. The summed E-state index contributed by atoms with van der Waals surface area (Å²) in [5.74, 6) is 1.56. The quantitative estimate of drug-likeness (QED) is 0.417. The van der Waals surface area contributed by atoms with E-state index in [9.17, 15) is 5.11 Å². The molecule has 2 aromatic carbocycles. The van der Waals surface area contributed by atoms with Gasteiger partial charge in [-0.05, 0) is 36.2 Å². The number of benzene rings is 2. The summed E-state index contributed by atoms with van der Waals surface area (Å²) < 4.78 is 5.57. The molecule has 0 bridgehead atoms. The summed E-state index contributed by atoms with van der Waals surface area (Å²) in [5, 5.41) is 11.4. The number of halogens is 1. The van der Waals surface area contributed by atoms with Crippen molar-refractivity contribution >= 4 is 29.2 Å². The van der Waals surface area contributed by atoms with Gasteiger partial charge in [0, 0.05) is 16.3 Å². The Morgan fingerprint density at radius 3 is 2.50 bits per heavy atom. The van der Waals surface area contributed by atoms with Gasteiger partial charge in [0.25, 0.3) is 0 Å². The van der Waals surface area contributed by atoms with E-state index in [1.54, 1.807) is 0 Å². The molecule has 0 unspecified atom stereocenters. The van der Waals surface area contributed by atoms with Gasteiger partial charge >= 0.3 is 0 Å². The molecule has 5 nitrogen and oxygen atoms in total. The highest BCUT2D eigenvalue weighted by atomic mass is 35.5. The Hall–Kier alpha value is -2.28. The van der Waals surface area contributed by atoms with Gasteiger partial charge in [0.15, 0.2) is 5.16 Å². The molecular formula is C21H22ClN3O2S. The highest BCUT2D eigenvalue weighted by Gasteiger charge is 2.15. The standard InChI is InChI=1S/C21H22ClN3O2S/c1-2-18-19(14-8-10-15(22)11-9-14)20(23)25-21(24-18)28-13-16(26)12-27-17-6-4-3-5-7-17/h3-11,16,26H,2,12-13H2,1H3,(H2,23,24,25)/t16-/m0/s1. The molecule has 1 atom stereocenters. The number of nitrogens with two attached hydrogens (primary N) is 1. The number of aliphatic hydroxyl groups is 1. The number of hydrogen-bond acceptors (Lipinski definition) is 6. The van der Waals surface area contributed by atoms with Gasteiger partial charge in [-0.1, -0.05) is 60.6 Å². The molecule has 146 valence electrons. The lowest BCUT2D eigenvalue weighted by Gasteiger charge is -2.14. The predicted molar refractivity (Wildman–Crippen MR) is 115 cm³/mol. The van der Waals surface area contributed by atoms with Crippen LogP contribution in [0.5, 0.6) is 5.75 Å². The molecular weight excluding hydrogens is 394 g/mol. The van der Waals surface area contributed by atoms with Crippen LogP contribution in [0.1, 0.15) is 12.6 Å². The topological polar surface area (TPSA) is 81.3 Å². The molecule has 0 fully saturated rings. The maximum absolute atomic E-state index is 10.2. The molecule has 0 saturated carbocycles. The van der Waals surface area contributed by atoms with E-state index in [2.05, 4.69) is 9.97 Å². The molecule has 3 aromatic rings. The molecule has 0 saturated heterocycles. The Morgan fingerprint density at radius 1 is 1.11 bits per heavy atom. The minimum Gasteiger partial charge on any atom is -0.491 e. The fourth-order valence-corrected chi connectivity index (χ4v) is 3.58. The first-order valence-electron chi connectivity index (χ1n) is 8.98. The minimum atomic E-state index is -0.643. The van der Waals surface area contributed by atoms with Crippen molar-refractivity contribution in [2.75, 3.05) is 18.1 Å². The summed E-state index contributed by atoms with van der Waals surface area (Å²) >= 11 is 7.33. The van der Waals surface area contributed by atoms with Crippen LogP contribution < -0.4 is 10.5 Å². The predicted octanol–water partition coefficient (Wildman–Crippen LogP) is 4.47. The van der Waals surface area contributed by atoms with E-state index in [0.29, 0.717) is 21.7 Å². The van der Waals surface area contributed by atoms with Crippen molar-refractivity contribution in [1.82, 2.24) is 9.97 Å². The molecule has 0 aliphatic rings. The van der Waals surface area contributed by atoms with Gasteiger partial charge in [0.2, 0.25) is 0 Å². The van der Waals surface area contributed by atoms with Gasteiger partial charge < -0.3 is 15.6 Å². The number of rotatable bonds is 8. The molecule has 0 spiro atoms. The van der Waals surface area contributed by atoms with Crippen LogP contribution >= 0.6 is 23.4 Å². The Kier molecular flexibility index (Phi) is 7.14. The smallest absolute Gasteiger partial charge is 0.189 e. The van der Waals surface area contributed by atoms with E-state index in [1.807, 2.05) is 61.5 Å². The monoisotopic (exact) mass is 415 g/mol. The largest absolute Gasteiger partial charge is 0.491 e.